The highest BCUT2D eigenvalue weighted by atomic mass is 14.3. The highest BCUT2D eigenvalue weighted by Gasteiger charge is 2.24. The summed E-state index contributed by atoms with van der Waals surface area (Å²) in [6.07, 6.45) is 4.51. The first kappa shape index (κ1) is 7.11. The van der Waals surface area contributed by atoms with Crippen LogP contribution < -0.4 is 0 Å². The fourth-order valence-corrected chi connectivity index (χ4v) is 1.15. The molecule has 1 rings (SSSR count). The predicted octanol–water partition coefficient (Wildman–Crippen LogP) is 3.08. The Bertz CT molecular complexity index is 80.0. The predicted molar refractivity (Wildman–Crippen MR) is 41.3 cm³/mol. The van der Waals surface area contributed by atoms with Crippen molar-refractivity contribution in [2.75, 3.05) is 0 Å². The Morgan fingerprint density at radius 1 is 1.22 bits per heavy atom. The van der Waals surface area contributed by atoms with Gasteiger partial charge in [-0.3, -0.25) is 0 Å². The molecule has 1 fully saturated rings. The van der Waals surface area contributed by atoms with Crippen molar-refractivity contribution in [1.29, 1.82) is 0 Å². The van der Waals surface area contributed by atoms with Crippen molar-refractivity contribution in [2.24, 2.45) is 17.8 Å². The van der Waals surface area contributed by atoms with Gasteiger partial charge in [-0.25, -0.2) is 0 Å². The molecule has 0 spiro atoms. The third-order valence-corrected chi connectivity index (χ3v) is 2.54. The molecule has 0 N–H and O–H groups in total. The monoisotopic (exact) mass is 126 g/mol. The van der Waals surface area contributed by atoms with Gasteiger partial charge in [0.05, 0.1) is 0 Å². The highest BCUT2D eigenvalue weighted by molar-refractivity contribution is 4.76. The summed E-state index contributed by atoms with van der Waals surface area (Å²) in [5, 5.41) is 0. The smallest absolute Gasteiger partial charge is 0.0411 e. The van der Waals surface area contributed by atoms with Gasteiger partial charge in [0, 0.05) is 0 Å². The van der Waals surface area contributed by atoms with Gasteiger partial charge in [-0.1, -0.05) is 33.6 Å². The minimum atomic E-state index is 0.894. The fraction of sp³-hybridized carbons (Fsp3) is 1.00. The second-order valence-corrected chi connectivity index (χ2v) is 3.90. The number of hydrogen-bond donors (Lipinski definition) is 0. The third-order valence-electron chi connectivity index (χ3n) is 2.54. The van der Waals surface area contributed by atoms with Crippen LogP contribution >= 0.6 is 0 Å². The standard InChI is InChI=1S/C9H18/c1-7(2)8(3)6-9-4-5-9/h7-9H,4-6H2,1-3H3. The molecule has 0 aromatic carbocycles. The molecule has 0 bridgehead atoms. The van der Waals surface area contributed by atoms with Gasteiger partial charge in [0.15, 0.2) is 0 Å². The molecule has 0 saturated heterocycles. The number of rotatable bonds is 3. The molecule has 0 aliphatic heterocycles. The maximum Gasteiger partial charge on any atom is -0.0411 e. The van der Waals surface area contributed by atoms with Crippen LogP contribution in [0.3, 0.4) is 0 Å². The first-order valence-electron chi connectivity index (χ1n) is 4.20. The Kier molecular flexibility index (Phi) is 2.15. The van der Waals surface area contributed by atoms with E-state index in [9.17, 15) is 0 Å². The molecule has 0 aromatic heterocycles. The molecule has 0 nitrogen and oxygen atoms in total. The fourth-order valence-electron chi connectivity index (χ4n) is 1.15. The Morgan fingerprint density at radius 2 is 1.78 bits per heavy atom. The number of hydrogen-bond acceptors (Lipinski definition) is 0. The van der Waals surface area contributed by atoms with Gasteiger partial charge in [-0.05, 0) is 24.2 Å². The Balaban J connectivity index is 2.09. The van der Waals surface area contributed by atoms with Crippen molar-refractivity contribution in [3.63, 3.8) is 0 Å². The van der Waals surface area contributed by atoms with Crippen LogP contribution in [0, 0.1) is 17.8 Å². The molecule has 0 amide bonds. The van der Waals surface area contributed by atoms with Gasteiger partial charge in [-0.2, -0.15) is 0 Å². The van der Waals surface area contributed by atoms with Crippen LogP contribution in [0.25, 0.3) is 0 Å². The average molecular weight is 126 g/mol. The molecule has 0 radical (unpaired) electrons. The van der Waals surface area contributed by atoms with Crippen LogP contribution in [0.15, 0.2) is 0 Å². The minimum Gasteiger partial charge on any atom is -0.0625 e. The lowest BCUT2D eigenvalue weighted by molar-refractivity contribution is 0.373. The van der Waals surface area contributed by atoms with Gasteiger partial charge in [0.1, 0.15) is 0 Å². The normalized spacial score (nSPS) is 22.7. The average Bonchev–Trinajstić information content (AvgIpc) is 2.50. The second-order valence-electron chi connectivity index (χ2n) is 3.90. The third kappa shape index (κ3) is 2.38. The van der Waals surface area contributed by atoms with Crippen molar-refractivity contribution in [2.45, 2.75) is 40.0 Å². The van der Waals surface area contributed by atoms with Gasteiger partial charge in [0.25, 0.3) is 0 Å². The van der Waals surface area contributed by atoms with Crippen LogP contribution in [0.4, 0.5) is 0 Å². The van der Waals surface area contributed by atoms with E-state index in [0.29, 0.717) is 0 Å². The van der Waals surface area contributed by atoms with E-state index in [1.165, 1.54) is 19.3 Å². The van der Waals surface area contributed by atoms with E-state index < -0.39 is 0 Å². The van der Waals surface area contributed by atoms with Crippen LogP contribution in [0.5, 0.6) is 0 Å². The molecule has 0 heterocycles. The molecule has 1 unspecified atom stereocenters. The Labute approximate surface area is 58.7 Å². The molecule has 54 valence electrons. The molecule has 0 heteroatoms. The molecule has 1 aliphatic rings. The molecule has 0 aromatic rings. The lowest BCUT2D eigenvalue weighted by Gasteiger charge is -2.13. The second kappa shape index (κ2) is 2.72. The quantitative estimate of drug-likeness (QED) is 0.545. The maximum absolute atomic E-state index is 2.38. The SMILES string of the molecule is CC(C)C(C)CC1CC1. The largest absolute Gasteiger partial charge is 0.0625 e. The summed E-state index contributed by atoms with van der Waals surface area (Å²) in [7, 11) is 0. The minimum absolute atomic E-state index is 0.894. The van der Waals surface area contributed by atoms with E-state index in [-0.39, 0.29) is 0 Å². The van der Waals surface area contributed by atoms with E-state index in [0.717, 1.165) is 17.8 Å². The zero-order valence-corrected chi connectivity index (χ0v) is 6.85. The van der Waals surface area contributed by atoms with Gasteiger partial charge in [-0.15, -0.1) is 0 Å². The molecular formula is C9H18. The lowest BCUT2D eigenvalue weighted by atomic mass is 9.93. The summed E-state index contributed by atoms with van der Waals surface area (Å²) >= 11 is 0. The summed E-state index contributed by atoms with van der Waals surface area (Å²) in [5.41, 5.74) is 0. The lowest BCUT2D eigenvalue weighted by Crippen LogP contribution is -2.03. The molecule has 1 aliphatic carbocycles. The van der Waals surface area contributed by atoms with Crippen molar-refractivity contribution >= 4 is 0 Å². The summed E-state index contributed by atoms with van der Waals surface area (Å²) < 4.78 is 0. The van der Waals surface area contributed by atoms with Gasteiger partial charge in [0.2, 0.25) is 0 Å². The van der Waals surface area contributed by atoms with E-state index in [4.69, 9.17) is 0 Å². The first-order valence-corrected chi connectivity index (χ1v) is 4.20. The molecule has 1 saturated carbocycles. The maximum atomic E-state index is 2.38. The first-order chi connectivity index (χ1) is 4.20. The zero-order valence-electron chi connectivity index (χ0n) is 6.85. The summed E-state index contributed by atoms with van der Waals surface area (Å²) in [4.78, 5) is 0. The van der Waals surface area contributed by atoms with Crippen LogP contribution in [-0.4, -0.2) is 0 Å². The Morgan fingerprint density at radius 3 is 2.11 bits per heavy atom. The van der Waals surface area contributed by atoms with E-state index in [2.05, 4.69) is 20.8 Å². The Hall–Kier alpha value is 0. The van der Waals surface area contributed by atoms with Crippen LogP contribution in [-0.2, 0) is 0 Å². The van der Waals surface area contributed by atoms with Crippen LogP contribution in [0.1, 0.15) is 40.0 Å². The highest BCUT2D eigenvalue weighted by Crippen LogP contribution is 2.36. The topological polar surface area (TPSA) is 0 Å². The zero-order chi connectivity index (χ0) is 6.85. The van der Waals surface area contributed by atoms with Gasteiger partial charge < -0.3 is 0 Å². The van der Waals surface area contributed by atoms with Crippen molar-refractivity contribution < 1.29 is 0 Å². The molecule has 9 heavy (non-hydrogen) atoms. The van der Waals surface area contributed by atoms with Crippen LogP contribution in [0.2, 0.25) is 0 Å². The van der Waals surface area contributed by atoms with Gasteiger partial charge >= 0.3 is 0 Å². The van der Waals surface area contributed by atoms with Crippen molar-refractivity contribution in [1.82, 2.24) is 0 Å². The molecular weight excluding hydrogens is 108 g/mol. The van der Waals surface area contributed by atoms with E-state index >= 15 is 0 Å². The van der Waals surface area contributed by atoms with E-state index in [1.54, 1.807) is 0 Å². The van der Waals surface area contributed by atoms with Crippen molar-refractivity contribution in [3.05, 3.63) is 0 Å². The summed E-state index contributed by atoms with van der Waals surface area (Å²) in [5.74, 6) is 2.96. The van der Waals surface area contributed by atoms with E-state index in [1.807, 2.05) is 0 Å². The summed E-state index contributed by atoms with van der Waals surface area (Å²) in [6, 6.07) is 0. The molecule has 1 atom stereocenters. The summed E-state index contributed by atoms with van der Waals surface area (Å²) in [6.45, 7) is 7.03. The van der Waals surface area contributed by atoms with Crippen molar-refractivity contribution in [3.8, 4) is 0 Å².